The predicted octanol–water partition coefficient (Wildman–Crippen LogP) is 2.36. The van der Waals surface area contributed by atoms with E-state index in [1.54, 1.807) is 45.5 Å². The van der Waals surface area contributed by atoms with Gasteiger partial charge in [0.25, 0.3) is 0 Å². The standard InChI is InChI=1S/C23H38N7O6P/c1-14(2)35-22(31)16(4)28-37(33,29-17(5)23(32)36-18-8-6-7-9-18)13-34-15(3)10-30-12-27-19-20(24)25-11-26-21(19)30/h11-12,14-18H,6-10,13H2,1-5H3,(H2,24,25,26)(H2,28,29,33)/t15-,16+,17-,37?/m1/s1. The summed E-state index contributed by atoms with van der Waals surface area (Å²) in [5, 5.41) is 5.65. The molecule has 1 fully saturated rings. The highest BCUT2D eigenvalue weighted by atomic mass is 31.2. The summed E-state index contributed by atoms with van der Waals surface area (Å²) in [6.45, 7) is 8.73. The summed E-state index contributed by atoms with van der Waals surface area (Å²) in [6.07, 6.45) is 5.45. The molecule has 1 aliphatic carbocycles. The zero-order chi connectivity index (χ0) is 27.2. The Hall–Kier alpha value is -2.60. The first kappa shape index (κ1) is 29.0. The summed E-state index contributed by atoms with van der Waals surface area (Å²) in [5.41, 5.74) is 6.89. The minimum atomic E-state index is -3.62. The van der Waals surface area contributed by atoms with E-state index in [0.717, 1.165) is 25.7 Å². The third-order valence-corrected chi connectivity index (χ3v) is 7.99. The molecule has 0 aromatic carbocycles. The molecular weight excluding hydrogens is 501 g/mol. The number of rotatable bonds is 13. The van der Waals surface area contributed by atoms with Crippen LogP contribution in [0.15, 0.2) is 12.7 Å². The van der Waals surface area contributed by atoms with Crippen LogP contribution in [0.25, 0.3) is 11.2 Å². The molecule has 0 spiro atoms. The molecular formula is C23H38N7O6P. The summed E-state index contributed by atoms with van der Waals surface area (Å²) >= 11 is 0. The maximum Gasteiger partial charge on any atom is 0.323 e. The van der Waals surface area contributed by atoms with Gasteiger partial charge in [-0.1, -0.05) is 0 Å². The van der Waals surface area contributed by atoms with Crippen LogP contribution < -0.4 is 15.9 Å². The Kier molecular flexibility index (Phi) is 10.00. The fourth-order valence-electron chi connectivity index (χ4n) is 4.04. The van der Waals surface area contributed by atoms with Crippen LogP contribution in [-0.4, -0.2) is 68.2 Å². The molecule has 2 heterocycles. The van der Waals surface area contributed by atoms with E-state index in [0.29, 0.717) is 17.7 Å². The summed E-state index contributed by atoms with van der Waals surface area (Å²) < 4.78 is 32.4. The number of nitrogens with zero attached hydrogens (tertiary/aromatic N) is 4. The largest absolute Gasteiger partial charge is 0.462 e. The number of nitrogens with one attached hydrogen (secondary N) is 2. The molecule has 0 amide bonds. The van der Waals surface area contributed by atoms with Crippen molar-refractivity contribution in [3.63, 3.8) is 0 Å². The van der Waals surface area contributed by atoms with Crippen LogP contribution in [0.1, 0.15) is 60.3 Å². The Morgan fingerprint density at radius 3 is 2.38 bits per heavy atom. The Labute approximate surface area is 216 Å². The smallest absolute Gasteiger partial charge is 0.323 e. The minimum Gasteiger partial charge on any atom is -0.462 e. The Morgan fingerprint density at radius 2 is 1.73 bits per heavy atom. The fourth-order valence-corrected chi connectivity index (χ4v) is 6.19. The van der Waals surface area contributed by atoms with Crippen molar-refractivity contribution in [3.8, 4) is 0 Å². The van der Waals surface area contributed by atoms with Gasteiger partial charge in [-0.05, 0) is 60.3 Å². The number of hydrogen-bond acceptors (Lipinski definition) is 10. The van der Waals surface area contributed by atoms with Crippen molar-refractivity contribution in [1.82, 2.24) is 29.7 Å². The van der Waals surface area contributed by atoms with Gasteiger partial charge in [0.1, 0.15) is 36.4 Å². The molecule has 0 radical (unpaired) electrons. The number of aromatic nitrogens is 4. The number of fused-ring (bicyclic) bond motifs is 1. The van der Waals surface area contributed by atoms with Crippen LogP contribution >= 0.6 is 7.44 Å². The van der Waals surface area contributed by atoms with Crippen molar-refractivity contribution >= 4 is 36.4 Å². The number of nitrogen functional groups attached to an aromatic ring is 1. The van der Waals surface area contributed by atoms with Gasteiger partial charge in [0.15, 0.2) is 11.5 Å². The van der Waals surface area contributed by atoms with Gasteiger partial charge in [-0.3, -0.25) is 14.2 Å². The van der Waals surface area contributed by atoms with E-state index in [9.17, 15) is 14.2 Å². The lowest BCUT2D eigenvalue weighted by Crippen LogP contribution is -2.44. The van der Waals surface area contributed by atoms with Gasteiger partial charge in [-0.2, -0.15) is 0 Å². The van der Waals surface area contributed by atoms with E-state index in [2.05, 4.69) is 25.1 Å². The number of carbonyl (C=O) groups is 2. The van der Waals surface area contributed by atoms with Crippen LogP contribution in [0.5, 0.6) is 0 Å². The number of imidazole rings is 1. The van der Waals surface area contributed by atoms with Gasteiger partial charge in [0.2, 0.25) is 7.44 Å². The van der Waals surface area contributed by atoms with Crippen molar-refractivity contribution < 1.29 is 28.4 Å². The van der Waals surface area contributed by atoms with Crippen LogP contribution in [0.3, 0.4) is 0 Å². The molecule has 2 aromatic rings. The summed E-state index contributed by atoms with van der Waals surface area (Å²) in [6, 6.07) is -1.79. The molecule has 2 aromatic heterocycles. The molecule has 14 heteroatoms. The van der Waals surface area contributed by atoms with Gasteiger partial charge in [0.05, 0.1) is 25.1 Å². The third kappa shape index (κ3) is 8.19. The van der Waals surface area contributed by atoms with Crippen LogP contribution in [-0.2, 0) is 34.9 Å². The van der Waals surface area contributed by atoms with Crippen molar-refractivity contribution in [2.75, 3.05) is 12.1 Å². The maximum atomic E-state index is 13.9. The number of nitrogens with two attached hydrogens (primary N) is 1. The lowest BCUT2D eigenvalue weighted by Gasteiger charge is -2.28. The second-order valence-corrected chi connectivity index (χ2v) is 12.0. The zero-order valence-corrected chi connectivity index (χ0v) is 22.9. The highest BCUT2D eigenvalue weighted by Gasteiger charge is 2.34. The van der Waals surface area contributed by atoms with E-state index >= 15 is 0 Å². The maximum absolute atomic E-state index is 13.9. The van der Waals surface area contributed by atoms with E-state index in [1.807, 2.05) is 0 Å². The molecule has 1 aliphatic rings. The average Bonchev–Trinajstić information content (AvgIpc) is 3.48. The van der Waals surface area contributed by atoms with E-state index < -0.39 is 37.6 Å². The number of esters is 2. The molecule has 3 rings (SSSR count). The molecule has 37 heavy (non-hydrogen) atoms. The van der Waals surface area contributed by atoms with Crippen molar-refractivity contribution in [3.05, 3.63) is 12.7 Å². The van der Waals surface area contributed by atoms with Crippen LogP contribution in [0, 0.1) is 0 Å². The monoisotopic (exact) mass is 539 g/mol. The molecule has 0 bridgehead atoms. The number of anilines is 1. The van der Waals surface area contributed by atoms with Crippen molar-refractivity contribution in [2.24, 2.45) is 0 Å². The zero-order valence-electron chi connectivity index (χ0n) is 22.0. The predicted molar refractivity (Wildman–Crippen MR) is 138 cm³/mol. The van der Waals surface area contributed by atoms with E-state index in [-0.39, 0.29) is 24.4 Å². The van der Waals surface area contributed by atoms with Gasteiger partial charge < -0.3 is 24.5 Å². The second-order valence-electron chi connectivity index (χ2n) is 9.70. The topological polar surface area (TPSA) is 173 Å². The quantitative estimate of drug-likeness (QED) is 0.251. The van der Waals surface area contributed by atoms with E-state index in [4.69, 9.17) is 19.9 Å². The molecule has 1 saturated carbocycles. The van der Waals surface area contributed by atoms with E-state index in [1.165, 1.54) is 6.33 Å². The molecule has 0 aliphatic heterocycles. The molecule has 206 valence electrons. The van der Waals surface area contributed by atoms with Crippen molar-refractivity contribution in [1.29, 1.82) is 0 Å². The number of ether oxygens (including phenoxy) is 3. The van der Waals surface area contributed by atoms with Gasteiger partial charge in [-0.25, -0.2) is 25.1 Å². The second kappa shape index (κ2) is 12.8. The third-order valence-electron chi connectivity index (χ3n) is 5.87. The summed E-state index contributed by atoms with van der Waals surface area (Å²) in [5.74, 6) is -0.786. The Balaban J connectivity index is 1.67. The molecule has 1 unspecified atom stereocenters. The molecule has 13 nitrogen and oxygen atoms in total. The van der Waals surface area contributed by atoms with Gasteiger partial charge in [-0.15, -0.1) is 0 Å². The molecule has 4 atom stereocenters. The highest BCUT2D eigenvalue weighted by molar-refractivity contribution is 7.59. The normalized spacial score (nSPS) is 18.4. The van der Waals surface area contributed by atoms with Crippen LogP contribution in [0.2, 0.25) is 0 Å². The Bertz CT molecular complexity index is 1120. The highest BCUT2D eigenvalue weighted by Crippen LogP contribution is 2.38. The summed E-state index contributed by atoms with van der Waals surface area (Å²) in [7, 11) is -3.62. The molecule has 4 N–H and O–H groups in total. The molecule has 0 saturated heterocycles. The first-order valence-corrected chi connectivity index (χ1v) is 14.4. The van der Waals surface area contributed by atoms with Crippen LogP contribution in [0.4, 0.5) is 5.82 Å². The Morgan fingerprint density at radius 1 is 1.08 bits per heavy atom. The van der Waals surface area contributed by atoms with Crippen molar-refractivity contribution in [2.45, 2.75) is 97.2 Å². The lowest BCUT2D eigenvalue weighted by molar-refractivity contribution is -0.150. The average molecular weight is 540 g/mol. The first-order valence-electron chi connectivity index (χ1n) is 12.6. The number of carbonyl (C=O) groups excluding carboxylic acids is 2. The lowest BCUT2D eigenvalue weighted by atomic mass is 10.3. The number of hydrogen-bond donors (Lipinski definition) is 3. The van der Waals surface area contributed by atoms with Gasteiger partial charge in [0, 0.05) is 0 Å². The van der Waals surface area contributed by atoms with Gasteiger partial charge >= 0.3 is 11.9 Å². The summed E-state index contributed by atoms with van der Waals surface area (Å²) in [4.78, 5) is 37.4. The minimum absolute atomic E-state index is 0.122. The fraction of sp³-hybridized carbons (Fsp3) is 0.696. The first-order chi connectivity index (χ1) is 17.5. The SMILES string of the molecule is CC(C)OC(=O)[C@H](C)NP(=O)(CO[C@H](C)Cn1cnc2c(N)ncnc21)N[C@H](C)C(=O)OC1CCCC1.